The Morgan fingerprint density at radius 1 is 0.957 bits per heavy atom. The minimum absolute atomic E-state index is 0.0383. The molecule has 0 aliphatic carbocycles. The van der Waals surface area contributed by atoms with E-state index in [2.05, 4.69) is 4.98 Å². The van der Waals surface area contributed by atoms with Crippen LogP contribution in [0.15, 0.2) is 30.5 Å². The second-order valence-corrected chi connectivity index (χ2v) is 7.14. The number of hydrogen-bond acceptors (Lipinski definition) is 6. The van der Waals surface area contributed by atoms with Gasteiger partial charge in [0.25, 0.3) is 0 Å². The highest BCUT2D eigenvalue weighted by atomic mass is 32.2. The maximum Gasteiger partial charge on any atom is 0.203 e. The molecule has 0 fully saturated rings. The summed E-state index contributed by atoms with van der Waals surface area (Å²) in [7, 11) is 1.54. The molecule has 0 spiro atoms. The lowest BCUT2D eigenvalue weighted by atomic mass is 10.1. The molecule has 124 valence electrons. The van der Waals surface area contributed by atoms with Crippen LogP contribution in [0.1, 0.15) is 5.56 Å². The van der Waals surface area contributed by atoms with Crippen LogP contribution in [0.3, 0.4) is 0 Å². The predicted molar refractivity (Wildman–Crippen MR) is 87.9 cm³/mol. The number of nitrogens with zero attached hydrogens (tertiary/aromatic N) is 1. The normalized spacial score (nSPS) is 11.1. The number of ether oxygens (including phenoxy) is 3. The largest absolute Gasteiger partial charge is 0.493 e. The summed E-state index contributed by atoms with van der Waals surface area (Å²) in [5, 5.41) is 0. The molecule has 2 aromatic rings. The molecule has 7 heteroatoms. The first-order valence-electron chi connectivity index (χ1n) is 6.81. The molecule has 0 aliphatic heterocycles. The van der Waals surface area contributed by atoms with Crippen LogP contribution in [0.4, 0.5) is 0 Å². The zero-order valence-corrected chi connectivity index (χ0v) is 14.3. The van der Waals surface area contributed by atoms with Crippen LogP contribution in [-0.2, 0) is 15.6 Å². The van der Waals surface area contributed by atoms with E-state index in [0.29, 0.717) is 28.5 Å². The van der Waals surface area contributed by atoms with Gasteiger partial charge in [0.2, 0.25) is 5.75 Å². The molecule has 0 saturated carbocycles. The molecule has 0 N–H and O–H groups in total. The lowest BCUT2D eigenvalue weighted by Gasteiger charge is -2.15. The van der Waals surface area contributed by atoms with E-state index in [0.717, 1.165) is 5.56 Å². The highest BCUT2D eigenvalue weighted by Crippen LogP contribution is 2.43. The van der Waals surface area contributed by atoms with Gasteiger partial charge in [-0.05, 0) is 23.8 Å². The first-order chi connectivity index (χ1) is 10.9. The van der Waals surface area contributed by atoms with Crippen molar-refractivity contribution in [1.82, 2.24) is 4.98 Å². The van der Waals surface area contributed by atoms with E-state index < -0.39 is 9.84 Å². The van der Waals surface area contributed by atoms with Gasteiger partial charge in [0.05, 0.1) is 32.8 Å². The maximum atomic E-state index is 11.3. The molecule has 1 aromatic carbocycles. The van der Waals surface area contributed by atoms with Gasteiger partial charge >= 0.3 is 0 Å². The minimum Gasteiger partial charge on any atom is -0.493 e. The Morgan fingerprint density at radius 3 is 2.13 bits per heavy atom. The lowest BCUT2D eigenvalue weighted by molar-refractivity contribution is 0.325. The molecular formula is C16H19NO5S. The number of sulfone groups is 1. The van der Waals surface area contributed by atoms with Crippen LogP contribution in [0.5, 0.6) is 17.2 Å². The van der Waals surface area contributed by atoms with E-state index in [1.807, 2.05) is 6.07 Å². The molecule has 0 unspecified atom stereocenters. The summed E-state index contributed by atoms with van der Waals surface area (Å²) in [4.78, 5) is 4.33. The fourth-order valence-electron chi connectivity index (χ4n) is 2.27. The van der Waals surface area contributed by atoms with E-state index in [9.17, 15) is 8.42 Å². The van der Waals surface area contributed by atoms with E-state index in [-0.39, 0.29) is 5.75 Å². The standard InChI is InChI=1S/C16H19NO5S/c1-20-14-8-6-12(15(21-2)16(14)22-3)13-7-5-11(9-17-13)10-23(4,18)19/h5-9H,10H2,1-4H3. The van der Waals surface area contributed by atoms with Crippen molar-refractivity contribution < 1.29 is 22.6 Å². The molecule has 0 saturated heterocycles. The third-order valence-electron chi connectivity index (χ3n) is 3.23. The highest BCUT2D eigenvalue weighted by molar-refractivity contribution is 7.89. The molecule has 1 aromatic heterocycles. The van der Waals surface area contributed by atoms with Crippen molar-refractivity contribution in [2.75, 3.05) is 27.6 Å². The SMILES string of the molecule is COc1ccc(-c2ccc(CS(C)(=O)=O)cn2)c(OC)c1OC. The zero-order valence-electron chi connectivity index (χ0n) is 13.5. The van der Waals surface area contributed by atoms with E-state index in [4.69, 9.17) is 14.2 Å². The first kappa shape index (κ1) is 17.1. The summed E-state index contributed by atoms with van der Waals surface area (Å²) < 4.78 is 38.7. The van der Waals surface area contributed by atoms with Gasteiger partial charge in [-0.2, -0.15) is 0 Å². The molecular weight excluding hydrogens is 318 g/mol. The van der Waals surface area contributed by atoms with Gasteiger partial charge in [0, 0.05) is 18.0 Å². The fraction of sp³-hybridized carbons (Fsp3) is 0.312. The van der Waals surface area contributed by atoms with Gasteiger partial charge in [0.15, 0.2) is 21.3 Å². The van der Waals surface area contributed by atoms with Crippen molar-refractivity contribution in [3.8, 4) is 28.5 Å². The van der Waals surface area contributed by atoms with Crippen LogP contribution >= 0.6 is 0 Å². The summed E-state index contributed by atoms with van der Waals surface area (Å²) in [6, 6.07) is 7.07. The van der Waals surface area contributed by atoms with Crippen molar-refractivity contribution in [2.45, 2.75) is 5.75 Å². The van der Waals surface area contributed by atoms with Crippen LogP contribution in [0.2, 0.25) is 0 Å². The average molecular weight is 337 g/mol. The predicted octanol–water partition coefficient (Wildman–Crippen LogP) is 2.32. The van der Waals surface area contributed by atoms with Crippen molar-refractivity contribution >= 4 is 9.84 Å². The number of methoxy groups -OCH3 is 3. The monoisotopic (exact) mass is 337 g/mol. The molecule has 0 radical (unpaired) electrons. The highest BCUT2D eigenvalue weighted by Gasteiger charge is 2.17. The second-order valence-electron chi connectivity index (χ2n) is 5.00. The third-order valence-corrected chi connectivity index (χ3v) is 4.09. The van der Waals surface area contributed by atoms with Crippen LogP contribution in [0, 0.1) is 0 Å². The molecule has 0 aliphatic rings. The lowest BCUT2D eigenvalue weighted by Crippen LogP contribution is -2.01. The summed E-state index contributed by atoms with van der Waals surface area (Å²) >= 11 is 0. The van der Waals surface area contributed by atoms with E-state index >= 15 is 0 Å². The number of rotatable bonds is 6. The van der Waals surface area contributed by atoms with Crippen LogP contribution < -0.4 is 14.2 Å². The van der Waals surface area contributed by atoms with Crippen LogP contribution in [-0.4, -0.2) is 41.0 Å². The molecule has 0 atom stereocenters. The number of hydrogen-bond donors (Lipinski definition) is 0. The number of pyridine rings is 1. The van der Waals surface area contributed by atoms with Crippen molar-refractivity contribution in [3.05, 3.63) is 36.0 Å². The van der Waals surface area contributed by atoms with Gasteiger partial charge in [-0.3, -0.25) is 4.98 Å². The molecule has 23 heavy (non-hydrogen) atoms. The van der Waals surface area contributed by atoms with Gasteiger partial charge in [-0.1, -0.05) is 6.07 Å². The molecule has 0 bridgehead atoms. The van der Waals surface area contributed by atoms with Crippen molar-refractivity contribution in [1.29, 1.82) is 0 Å². The summed E-state index contributed by atoms with van der Waals surface area (Å²) in [6.45, 7) is 0. The average Bonchev–Trinajstić information content (AvgIpc) is 2.52. The minimum atomic E-state index is -3.09. The Labute approximate surface area is 135 Å². The third kappa shape index (κ3) is 3.92. The van der Waals surface area contributed by atoms with Gasteiger partial charge in [0.1, 0.15) is 0 Å². The molecule has 0 amide bonds. The molecule has 1 heterocycles. The van der Waals surface area contributed by atoms with Gasteiger partial charge in [-0.25, -0.2) is 8.42 Å². The van der Waals surface area contributed by atoms with E-state index in [1.54, 1.807) is 38.6 Å². The second kappa shape index (κ2) is 6.87. The van der Waals surface area contributed by atoms with Crippen molar-refractivity contribution in [2.24, 2.45) is 0 Å². The Kier molecular flexibility index (Phi) is 5.10. The topological polar surface area (TPSA) is 74.7 Å². The molecule has 2 rings (SSSR count). The quantitative estimate of drug-likeness (QED) is 0.805. The summed E-state index contributed by atoms with van der Waals surface area (Å²) in [5.41, 5.74) is 2.02. The number of benzene rings is 1. The summed E-state index contributed by atoms with van der Waals surface area (Å²) in [5.74, 6) is 1.51. The van der Waals surface area contributed by atoms with Gasteiger partial charge < -0.3 is 14.2 Å². The summed E-state index contributed by atoms with van der Waals surface area (Å²) in [6.07, 6.45) is 2.74. The van der Waals surface area contributed by atoms with Gasteiger partial charge in [-0.15, -0.1) is 0 Å². The van der Waals surface area contributed by atoms with Crippen molar-refractivity contribution in [3.63, 3.8) is 0 Å². The van der Waals surface area contributed by atoms with E-state index in [1.165, 1.54) is 13.4 Å². The zero-order chi connectivity index (χ0) is 17.0. The Balaban J connectivity index is 2.46. The molecule has 6 nitrogen and oxygen atoms in total. The smallest absolute Gasteiger partial charge is 0.203 e. The number of aromatic nitrogens is 1. The first-order valence-corrected chi connectivity index (χ1v) is 8.87. The Hall–Kier alpha value is -2.28. The Morgan fingerprint density at radius 2 is 1.65 bits per heavy atom. The maximum absolute atomic E-state index is 11.3. The Bertz CT molecular complexity index is 785. The fourth-order valence-corrected chi connectivity index (χ4v) is 3.05. The van der Waals surface area contributed by atoms with Crippen LogP contribution in [0.25, 0.3) is 11.3 Å².